The summed E-state index contributed by atoms with van der Waals surface area (Å²) in [6.07, 6.45) is 3.56. The summed E-state index contributed by atoms with van der Waals surface area (Å²) in [4.78, 5) is 12.5. The lowest BCUT2D eigenvalue weighted by atomic mass is 9.93. The molecule has 1 heterocycles. The molecular weight excluding hydrogens is 182 g/mol. The first-order chi connectivity index (χ1) is 6.27. The highest BCUT2D eigenvalue weighted by molar-refractivity contribution is 7.12. The van der Waals surface area contributed by atoms with Crippen LogP contribution in [0, 0.1) is 6.92 Å². The molecule has 0 atom stereocenters. The number of hydrogen-bond donors (Lipinski definition) is 1. The number of nitrogens with one attached hydrogen (secondary N) is 1. The van der Waals surface area contributed by atoms with Crippen LogP contribution in [-0.4, -0.2) is 11.9 Å². The van der Waals surface area contributed by atoms with Crippen molar-refractivity contribution in [2.75, 3.05) is 0 Å². The van der Waals surface area contributed by atoms with Gasteiger partial charge in [-0.1, -0.05) is 0 Å². The van der Waals surface area contributed by atoms with E-state index in [1.54, 1.807) is 0 Å². The molecule has 1 aromatic rings. The Balaban J connectivity index is 2.00. The van der Waals surface area contributed by atoms with Gasteiger partial charge in [0.15, 0.2) is 0 Å². The number of rotatable bonds is 2. The average Bonchev–Trinajstić information content (AvgIpc) is 2.43. The third-order valence-corrected chi connectivity index (χ3v) is 3.52. The van der Waals surface area contributed by atoms with E-state index in [2.05, 4.69) is 5.32 Å². The van der Waals surface area contributed by atoms with Crippen molar-refractivity contribution in [1.82, 2.24) is 5.32 Å². The summed E-state index contributed by atoms with van der Waals surface area (Å²) in [7, 11) is 0. The molecule has 1 aromatic heterocycles. The van der Waals surface area contributed by atoms with Crippen LogP contribution >= 0.6 is 11.3 Å². The fourth-order valence-corrected chi connectivity index (χ4v) is 2.24. The van der Waals surface area contributed by atoms with Crippen LogP contribution in [0.1, 0.15) is 34.5 Å². The van der Waals surface area contributed by atoms with Crippen molar-refractivity contribution in [3.63, 3.8) is 0 Å². The summed E-state index contributed by atoms with van der Waals surface area (Å²) in [6, 6.07) is 2.43. The Bertz CT molecular complexity index is 314. The van der Waals surface area contributed by atoms with Crippen molar-refractivity contribution >= 4 is 17.2 Å². The average molecular weight is 195 g/mol. The van der Waals surface area contributed by atoms with E-state index in [9.17, 15) is 4.79 Å². The molecule has 70 valence electrons. The van der Waals surface area contributed by atoms with Crippen LogP contribution in [0.15, 0.2) is 11.4 Å². The summed E-state index contributed by atoms with van der Waals surface area (Å²) >= 11 is 1.52. The molecule has 0 unspecified atom stereocenters. The van der Waals surface area contributed by atoms with Gasteiger partial charge in [0.2, 0.25) is 0 Å². The van der Waals surface area contributed by atoms with Gasteiger partial charge in [0.1, 0.15) is 0 Å². The number of hydrogen-bond acceptors (Lipinski definition) is 2. The van der Waals surface area contributed by atoms with E-state index in [4.69, 9.17) is 0 Å². The molecule has 0 bridgehead atoms. The summed E-state index contributed by atoms with van der Waals surface area (Å²) in [5.74, 6) is 0.109. The molecule has 0 saturated heterocycles. The highest BCUT2D eigenvalue weighted by atomic mass is 32.1. The third kappa shape index (κ3) is 1.75. The van der Waals surface area contributed by atoms with Gasteiger partial charge >= 0.3 is 0 Å². The fourth-order valence-electron chi connectivity index (χ4n) is 1.41. The molecule has 1 N–H and O–H groups in total. The number of carbonyl (C=O) groups is 1. The molecule has 13 heavy (non-hydrogen) atoms. The Morgan fingerprint density at radius 3 is 2.85 bits per heavy atom. The van der Waals surface area contributed by atoms with Gasteiger partial charge in [-0.2, -0.15) is 0 Å². The maximum atomic E-state index is 11.6. The van der Waals surface area contributed by atoms with E-state index in [0.29, 0.717) is 6.04 Å². The van der Waals surface area contributed by atoms with Crippen LogP contribution in [-0.2, 0) is 0 Å². The smallest absolute Gasteiger partial charge is 0.261 e. The van der Waals surface area contributed by atoms with Gasteiger partial charge in [0.25, 0.3) is 5.91 Å². The summed E-state index contributed by atoms with van der Waals surface area (Å²) in [5.41, 5.74) is 1.09. The Hall–Kier alpha value is -0.830. The van der Waals surface area contributed by atoms with Crippen LogP contribution in [0.2, 0.25) is 0 Å². The molecular formula is C10H13NOS. The zero-order valence-electron chi connectivity index (χ0n) is 7.67. The first kappa shape index (κ1) is 8.75. The molecule has 3 heteroatoms. The van der Waals surface area contributed by atoms with Gasteiger partial charge in [0.05, 0.1) is 4.88 Å². The standard InChI is InChI=1S/C10H13NOS/c1-7-5-6-13-9(7)10(12)11-8-3-2-4-8/h5-6,8H,2-4H2,1H3,(H,11,12). The third-order valence-electron chi connectivity index (χ3n) is 2.51. The number of amides is 1. The maximum Gasteiger partial charge on any atom is 0.261 e. The number of aryl methyl sites for hydroxylation is 1. The quantitative estimate of drug-likeness (QED) is 0.771. The van der Waals surface area contributed by atoms with Crippen molar-refractivity contribution < 1.29 is 4.79 Å². The Morgan fingerprint density at radius 1 is 1.62 bits per heavy atom. The van der Waals surface area contributed by atoms with Gasteiger partial charge in [-0.3, -0.25) is 4.79 Å². The Labute approximate surface area is 82.0 Å². The number of carbonyl (C=O) groups excluding carboxylic acids is 1. The fraction of sp³-hybridized carbons (Fsp3) is 0.500. The molecule has 0 radical (unpaired) electrons. The van der Waals surface area contributed by atoms with Gasteiger partial charge < -0.3 is 5.32 Å². The molecule has 0 spiro atoms. The predicted molar refractivity (Wildman–Crippen MR) is 54.2 cm³/mol. The normalized spacial score (nSPS) is 16.7. The second-order valence-electron chi connectivity index (χ2n) is 3.53. The van der Waals surface area contributed by atoms with Crippen molar-refractivity contribution in [1.29, 1.82) is 0 Å². The first-order valence-corrected chi connectivity index (χ1v) is 5.50. The monoisotopic (exact) mass is 195 g/mol. The van der Waals surface area contributed by atoms with Gasteiger partial charge in [0, 0.05) is 6.04 Å². The van der Waals surface area contributed by atoms with Crippen LogP contribution < -0.4 is 5.32 Å². The molecule has 2 nitrogen and oxygen atoms in total. The van der Waals surface area contributed by atoms with Gasteiger partial charge in [-0.15, -0.1) is 11.3 Å². The van der Waals surface area contributed by atoms with E-state index in [-0.39, 0.29) is 5.91 Å². The predicted octanol–water partition coefficient (Wildman–Crippen LogP) is 2.34. The van der Waals surface area contributed by atoms with Crippen molar-refractivity contribution in [3.05, 3.63) is 21.9 Å². The minimum absolute atomic E-state index is 0.109. The summed E-state index contributed by atoms with van der Waals surface area (Å²) in [6.45, 7) is 1.98. The molecule has 0 aliphatic heterocycles. The highest BCUT2D eigenvalue weighted by Gasteiger charge is 2.21. The summed E-state index contributed by atoms with van der Waals surface area (Å²) < 4.78 is 0. The molecule has 1 aliphatic carbocycles. The second-order valence-corrected chi connectivity index (χ2v) is 4.45. The lowest BCUT2D eigenvalue weighted by molar-refractivity contribution is 0.0920. The van der Waals surface area contributed by atoms with E-state index in [1.165, 1.54) is 17.8 Å². The Kier molecular flexibility index (Phi) is 2.36. The minimum Gasteiger partial charge on any atom is -0.349 e. The van der Waals surface area contributed by atoms with Crippen LogP contribution in [0.4, 0.5) is 0 Å². The SMILES string of the molecule is Cc1ccsc1C(=O)NC1CCC1. The zero-order valence-corrected chi connectivity index (χ0v) is 8.49. The van der Waals surface area contributed by atoms with Crippen LogP contribution in [0.25, 0.3) is 0 Å². The molecule has 1 saturated carbocycles. The van der Waals surface area contributed by atoms with E-state index in [1.807, 2.05) is 18.4 Å². The maximum absolute atomic E-state index is 11.6. The van der Waals surface area contributed by atoms with Crippen molar-refractivity contribution in [2.45, 2.75) is 32.2 Å². The summed E-state index contributed by atoms with van der Waals surface area (Å²) in [5, 5.41) is 4.99. The minimum atomic E-state index is 0.109. The molecule has 0 aromatic carbocycles. The van der Waals surface area contributed by atoms with Crippen LogP contribution in [0.3, 0.4) is 0 Å². The van der Waals surface area contributed by atoms with E-state index >= 15 is 0 Å². The van der Waals surface area contributed by atoms with Gasteiger partial charge in [-0.25, -0.2) is 0 Å². The van der Waals surface area contributed by atoms with Crippen molar-refractivity contribution in [3.8, 4) is 0 Å². The second kappa shape index (κ2) is 3.50. The lowest BCUT2D eigenvalue weighted by Crippen LogP contribution is -2.39. The van der Waals surface area contributed by atoms with Crippen LogP contribution in [0.5, 0.6) is 0 Å². The van der Waals surface area contributed by atoms with Crippen molar-refractivity contribution in [2.24, 2.45) is 0 Å². The Morgan fingerprint density at radius 2 is 2.38 bits per heavy atom. The van der Waals surface area contributed by atoms with E-state index < -0.39 is 0 Å². The largest absolute Gasteiger partial charge is 0.349 e. The molecule has 2 rings (SSSR count). The zero-order chi connectivity index (χ0) is 9.26. The lowest BCUT2D eigenvalue weighted by Gasteiger charge is -2.26. The molecule has 1 amide bonds. The van der Waals surface area contributed by atoms with E-state index in [0.717, 1.165) is 23.3 Å². The van der Waals surface area contributed by atoms with Gasteiger partial charge in [-0.05, 0) is 43.2 Å². The first-order valence-electron chi connectivity index (χ1n) is 4.62. The number of thiophene rings is 1. The highest BCUT2D eigenvalue weighted by Crippen LogP contribution is 2.20. The molecule has 1 fully saturated rings. The molecule has 1 aliphatic rings. The topological polar surface area (TPSA) is 29.1 Å².